The summed E-state index contributed by atoms with van der Waals surface area (Å²) in [5, 5.41) is 0.773. The smallest absolute Gasteiger partial charge is 0.222 e. The van der Waals surface area contributed by atoms with E-state index in [4.69, 9.17) is 11.6 Å². The molecule has 0 aromatic heterocycles. The van der Waals surface area contributed by atoms with Crippen LogP contribution in [0.1, 0.15) is 41.6 Å². The van der Waals surface area contributed by atoms with Crippen LogP contribution >= 0.6 is 11.6 Å². The molecule has 1 saturated heterocycles. The maximum atomic E-state index is 12.5. The third-order valence-electron chi connectivity index (χ3n) is 5.85. The first-order valence-corrected chi connectivity index (χ1v) is 11.2. The number of ketones is 1. The van der Waals surface area contributed by atoms with Crippen molar-refractivity contribution in [2.45, 2.75) is 32.1 Å². The van der Waals surface area contributed by atoms with E-state index in [9.17, 15) is 9.59 Å². The number of hydrogen-bond acceptors (Lipinski definition) is 3. The summed E-state index contributed by atoms with van der Waals surface area (Å²) in [5.74, 6) is 0.573. The van der Waals surface area contributed by atoms with Crippen molar-refractivity contribution < 1.29 is 9.59 Å². The van der Waals surface area contributed by atoms with Crippen LogP contribution < -0.4 is 0 Å². The summed E-state index contributed by atoms with van der Waals surface area (Å²) in [6.07, 6.45) is 3.88. The van der Waals surface area contributed by atoms with Crippen molar-refractivity contribution in [3.8, 4) is 0 Å². The third-order valence-corrected chi connectivity index (χ3v) is 6.10. The van der Waals surface area contributed by atoms with E-state index in [0.717, 1.165) is 44.0 Å². The Morgan fingerprint density at radius 3 is 2.53 bits per heavy atom. The number of piperidine rings is 1. The SMILES string of the molecule is CN(C[C@@H]1CCCN(CCc2ccc(Cl)cc2)C1)C(=O)CCC(=O)c1ccccc1. The van der Waals surface area contributed by atoms with Crippen molar-refractivity contribution in [1.29, 1.82) is 0 Å². The zero-order chi connectivity index (χ0) is 21.3. The Morgan fingerprint density at radius 1 is 1.07 bits per heavy atom. The lowest BCUT2D eigenvalue weighted by molar-refractivity contribution is -0.130. The lowest BCUT2D eigenvalue weighted by atomic mass is 9.96. The number of hydrogen-bond donors (Lipinski definition) is 0. The minimum atomic E-state index is 0.0309. The molecule has 1 aliphatic rings. The van der Waals surface area contributed by atoms with Gasteiger partial charge < -0.3 is 9.80 Å². The largest absolute Gasteiger partial charge is 0.345 e. The number of benzene rings is 2. The first-order valence-electron chi connectivity index (χ1n) is 10.8. The van der Waals surface area contributed by atoms with E-state index in [0.29, 0.717) is 11.5 Å². The first-order chi connectivity index (χ1) is 14.5. The molecule has 3 rings (SSSR count). The van der Waals surface area contributed by atoms with Crippen molar-refractivity contribution in [3.63, 3.8) is 0 Å². The molecular formula is C25H31ClN2O2. The molecule has 2 aromatic carbocycles. The number of nitrogens with zero attached hydrogens (tertiary/aromatic N) is 2. The molecule has 0 bridgehead atoms. The Bertz CT molecular complexity index is 823. The maximum Gasteiger partial charge on any atom is 0.222 e. The molecule has 0 N–H and O–H groups in total. The Kier molecular flexibility index (Phi) is 8.47. The van der Waals surface area contributed by atoms with Crippen molar-refractivity contribution >= 4 is 23.3 Å². The fourth-order valence-electron chi connectivity index (χ4n) is 4.11. The number of likely N-dealkylation sites (tertiary alicyclic amines) is 1. The monoisotopic (exact) mass is 426 g/mol. The molecule has 0 aliphatic carbocycles. The molecule has 160 valence electrons. The minimum absolute atomic E-state index is 0.0309. The number of rotatable bonds is 9. The van der Waals surface area contributed by atoms with Crippen molar-refractivity contribution in [2.75, 3.05) is 33.2 Å². The van der Waals surface area contributed by atoms with E-state index in [1.807, 2.05) is 42.3 Å². The average molecular weight is 427 g/mol. The fraction of sp³-hybridized carbons (Fsp3) is 0.440. The lowest BCUT2D eigenvalue weighted by Crippen LogP contribution is -2.42. The second-order valence-electron chi connectivity index (χ2n) is 8.25. The number of halogens is 1. The van der Waals surface area contributed by atoms with Crippen LogP contribution in [0, 0.1) is 5.92 Å². The first kappa shape index (κ1) is 22.5. The second-order valence-corrected chi connectivity index (χ2v) is 8.69. The van der Waals surface area contributed by atoms with Crippen LogP contribution in [-0.2, 0) is 11.2 Å². The molecule has 0 spiro atoms. The predicted molar refractivity (Wildman–Crippen MR) is 122 cm³/mol. The Balaban J connectivity index is 1.40. The topological polar surface area (TPSA) is 40.6 Å². The minimum Gasteiger partial charge on any atom is -0.345 e. The molecule has 4 nitrogen and oxygen atoms in total. The van der Waals surface area contributed by atoms with E-state index in [2.05, 4.69) is 17.0 Å². The highest BCUT2D eigenvalue weighted by atomic mass is 35.5. The number of carbonyl (C=O) groups excluding carboxylic acids is 2. The van der Waals surface area contributed by atoms with E-state index in [1.54, 1.807) is 12.1 Å². The normalized spacial score (nSPS) is 16.9. The summed E-state index contributed by atoms with van der Waals surface area (Å²) in [6, 6.07) is 17.3. The van der Waals surface area contributed by atoms with Crippen LogP contribution in [0.25, 0.3) is 0 Å². The quantitative estimate of drug-likeness (QED) is 0.545. The highest BCUT2D eigenvalue weighted by Crippen LogP contribution is 2.19. The summed E-state index contributed by atoms with van der Waals surface area (Å²) in [7, 11) is 1.86. The fourth-order valence-corrected chi connectivity index (χ4v) is 4.24. The molecule has 0 radical (unpaired) electrons. The summed E-state index contributed by atoms with van der Waals surface area (Å²) < 4.78 is 0. The molecule has 1 fully saturated rings. The highest BCUT2D eigenvalue weighted by molar-refractivity contribution is 6.30. The van der Waals surface area contributed by atoms with Gasteiger partial charge in [0.05, 0.1) is 0 Å². The van der Waals surface area contributed by atoms with Gasteiger partial charge in [-0.15, -0.1) is 0 Å². The van der Waals surface area contributed by atoms with E-state index in [1.165, 1.54) is 12.0 Å². The molecule has 0 unspecified atom stereocenters. The summed E-state index contributed by atoms with van der Waals surface area (Å²) in [6.45, 7) is 3.93. The molecule has 2 aromatic rings. The molecule has 1 aliphatic heterocycles. The lowest BCUT2D eigenvalue weighted by Gasteiger charge is -2.34. The maximum absolute atomic E-state index is 12.5. The highest BCUT2D eigenvalue weighted by Gasteiger charge is 2.23. The summed E-state index contributed by atoms with van der Waals surface area (Å²) in [4.78, 5) is 29.1. The molecule has 1 atom stereocenters. The van der Waals surface area contributed by atoms with E-state index >= 15 is 0 Å². The van der Waals surface area contributed by atoms with Crippen LogP contribution in [0.15, 0.2) is 54.6 Å². The predicted octanol–water partition coefficient (Wildman–Crippen LogP) is 4.72. The van der Waals surface area contributed by atoms with Gasteiger partial charge in [0.25, 0.3) is 0 Å². The van der Waals surface area contributed by atoms with Crippen LogP contribution in [-0.4, -0.2) is 54.7 Å². The van der Waals surface area contributed by atoms with Crippen LogP contribution in [0.5, 0.6) is 0 Å². The Hall–Kier alpha value is -2.17. The molecule has 0 saturated carbocycles. The average Bonchev–Trinajstić information content (AvgIpc) is 2.77. The molecule has 30 heavy (non-hydrogen) atoms. The Labute approximate surface area is 184 Å². The summed E-state index contributed by atoms with van der Waals surface area (Å²) >= 11 is 5.96. The number of amides is 1. The van der Waals surface area contributed by atoms with Crippen molar-refractivity contribution in [2.24, 2.45) is 5.92 Å². The number of Topliss-reactive ketones (excluding diaryl/α,β-unsaturated/α-hetero) is 1. The van der Waals surface area contributed by atoms with Gasteiger partial charge in [-0.05, 0) is 49.4 Å². The van der Waals surface area contributed by atoms with Gasteiger partial charge in [-0.1, -0.05) is 54.1 Å². The van der Waals surface area contributed by atoms with Crippen molar-refractivity contribution in [3.05, 3.63) is 70.7 Å². The molecular weight excluding hydrogens is 396 g/mol. The van der Waals surface area contributed by atoms with Gasteiger partial charge in [0.2, 0.25) is 5.91 Å². The van der Waals surface area contributed by atoms with Gasteiger partial charge in [0.15, 0.2) is 5.78 Å². The second kappa shape index (κ2) is 11.3. The zero-order valence-corrected chi connectivity index (χ0v) is 18.5. The van der Waals surface area contributed by atoms with Crippen LogP contribution in [0.2, 0.25) is 5.02 Å². The molecule has 1 heterocycles. The standard InChI is InChI=1S/C25H31ClN2O2/c1-27(25(30)14-13-24(29)22-7-3-2-4-8-22)18-21-6-5-16-28(19-21)17-15-20-9-11-23(26)12-10-20/h2-4,7-12,21H,5-6,13-19H2,1H3/t21-/m0/s1. The zero-order valence-electron chi connectivity index (χ0n) is 17.7. The molecule has 1 amide bonds. The third kappa shape index (κ3) is 6.96. The van der Waals surface area contributed by atoms with Gasteiger partial charge in [0, 0.05) is 50.1 Å². The van der Waals surface area contributed by atoms with Gasteiger partial charge in [-0.25, -0.2) is 0 Å². The van der Waals surface area contributed by atoms with Crippen LogP contribution in [0.4, 0.5) is 0 Å². The van der Waals surface area contributed by atoms with Gasteiger partial charge in [-0.3, -0.25) is 9.59 Å². The van der Waals surface area contributed by atoms with Gasteiger partial charge >= 0.3 is 0 Å². The van der Waals surface area contributed by atoms with Crippen LogP contribution in [0.3, 0.4) is 0 Å². The number of carbonyl (C=O) groups is 2. The summed E-state index contributed by atoms with van der Waals surface area (Å²) in [5.41, 5.74) is 1.98. The van der Waals surface area contributed by atoms with E-state index in [-0.39, 0.29) is 24.5 Å². The van der Waals surface area contributed by atoms with Gasteiger partial charge in [-0.2, -0.15) is 0 Å². The van der Waals surface area contributed by atoms with E-state index < -0.39 is 0 Å². The van der Waals surface area contributed by atoms with Crippen molar-refractivity contribution in [1.82, 2.24) is 9.80 Å². The Morgan fingerprint density at radius 2 is 1.80 bits per heavy atom. The molecule has 5 heteroatoms. The van der Waals surface area contributed by atoms with Gasteiger partial charge in [0.1, 0.15) is 0 Å².